The van der Waals surface area contributed by atoms with Crippen LogP contribution < -0.4 is 5.73 Å². The second-order valence-electron chi connectivity index (χ2n) is 5.07. The van der Waals surface area contributed by atoms with Gasteiger partial charge >= 0.3 is 0 Å². The summed E-state index contributed by atoms with van der Waals surface area (Å²) in [7, 11) is -2.79. The number of hydrogen-bond acceptors (Lipinski definition) is 5. The van der Waals surface area contributed by atoms with Crippen LogP contribution in [0.1, 0.15) is 6.42 Å². The van der Waals surface area contributed by atoms with E-state index in [2.05, 4.69) is 4.90 Å². The fourth-order valence-electron chi connectivity index (χ4n) is 2.73. The molecule has 2 fully saturated rings. The molecule has 2 rings (SSSR count). The van der Waals surface area contributed by atoms with Gasteiger partial charge in [0.25, 0.3) is 0 Å². The van der Waals surface area contributed by atoms with E-state index in [0.29, 0.717) is 24.0 Å². The number of nitrogens with two attached hydrogens (primary N) is 1. The Bertz CT molecular complexity index is 339. The third-order valence-electron chi connectivity index (χ3n) is 3.83. The van der Waals surface area contributed by atoms with Crippen molar-refractivity contribution in [2.45, 2.75) is 6.42 Å². The summed E-state index contributed by atoms with van der Waals surface area (Å²) < 4.78 is 28.3. The molecule has 2 heterocycles. The third-order valence-corrected chi connectivity index (χ3v) is 5.63. The monoisotopic (exact) mass is 262 g/mol. The van der Waals surface area contributed by atoms with E-state index in [1.54, 1.807) is 0 Å². The summed E-state index contributed by atoms with van der Waals surface area (Å²) in [5.74, 6) is 1.24. The second-order valence-corrected chi connectivity index (χ2v) is 7.30. The molecule has 2 aliphatic heterocycles. The molecule has 0 saturated carbocycles. The lowest BCUT2D eigenvalue weighted by Crippen LogP contribution is -2.43. The molecule has 6 heteroatoms. The van der Waals surface area contributed by atoms with Crippen molar-refractivity contribution in [1.82, 2.24) is 4.90 Å². The number of hydrogen-bond donors (Lipinski definition) is 1. The van der Waals surface area contributed by atoms with Gasteiger partial charge in [-0.2, -0.15) is 0 Å². The Hall–Kier alpha value is -0.170. The molecular weight excluding hydrogens is 240 g/mol. The van der Waals surface area contributed by atoms with Crippen LogP contribution >= 0.6 is 0 Å². The highest BCUT2D eigenvalue weighted by molar-refractivity contribution is 7.91. The zero-order valence-corrected chi connectivity index (χ0v) is 11.0. The zero-order valence-electron chi connectivity index (χ0n) is 10.2. The van der Waals surface area contributed by atoms with Crippen molar-refractivity contribution in [3.05, 3.63) is 0 Å². The lowest BCUT2D eigenvalue weighted by molar-refractivity contribution is 0.0274. The van der Waals surface area contributed by atoms with Crippen LogP contribution in [0.5, 0.6) is 0 Å². The highest BCUT2D eigenvalue weighted by Gasteiger charge is 2.33. The standard InChI is InChI=1S/C11H22N2O3S/c12-7-11(8-13-2-4-16-5-3-13)10-1-6-17(14,15)9-10/h10-11H,1-9,12H2. The van der Waals surface area contributed by atoms with Crippen LogP contribution in [0.3, 0.4) is 0 Å². The maximum Gasteiger partial charge on any atom is 0.150 e. The van der Waals surface area contributed by atoms with E-state index in [-0.39, 0.29) is 5.92 Å². The molecule has 0 spiro atoms. The molecule has 2 aliphatic rings. The molecule has 0 aromatic heterocycles. The first-order chi connectivity index (χ1) is 8.11. The molecule has 0 bridgehead atoms. The van der Waals surface area contributed by atoms with E-state index >= 15 is 0 Å². The van der Waals surface area contributed by atoms with Crippen LogP contribution in [-0.4, -0.2) is 64.2 Å². The van der Waals surface area contributed by atoms with Gasteiger partial charge in [0.2, 0.25) is 0 Å². The summed E-state index contributed by atoms with van der Waals surface area (Å²) in [6.45, 7) is 4.93. The van der Waals surface area contributed by atoms with Gasteiger partial charge in [-0.05, 0) is 24.8 Å². The minimum Gasteiger partial charge on any atom is -0.379 e. The summed E-state index contributed by atoms with van der Waals surface area (Å²) in [6, 6.07) is 0. The van der Waals surface area contributed by atoms with Gasteiger partial charge in [0.15, 0.2) is 9.84 Å². The molecule has 100 valence electrons. The van der Waals surface area contributed by atoms with Gasteiger partial charge in [0.1, 0.15) is 0 Å². The van der Waals surface area contributed by atoms with E-state index in [1.807, 2.05) is 0 Å². The fraction of sp³-hybridized carbons (Fsp3) is 1.00. The van der Waals surface area contributed by atoms with Crippen molar-refractivity contribution in [3.63, 3.8) is 0 Å². The highest BCUT2D eigenvalue weighted by Crippen LogP contribution is 2.26. The van der Waals surface area contributed by atoms with Gasteiger partial charge in [0, 0.05) is 19.6 Å². The molecule has 2 N–H and O–H groups in total. The van der Waals surface area contributed by atoms with Gasteiger partial charge in [0.05, 0.1) is 24.7 Å². The molecule has 17 heavy (non-hydrogen) atoms. The second kappa shape index (κ2) is 5.65. The lowest BCUT2D eigenvalue weighted by atomic mass is 9.91. The Morgan fingerprint density at radius 1 is 1.35 bits per heavy atom. The van der Waals surface area contributed by atoms with Gasteiger partial charge in [-0.15, -0.1) is 0 Å². The van der Waals surface area contributed by atoms with Crippen LogP contribution in [0.2, 0.25) is 0 Å². The van der Waals surface area contributed by atoms with Gasteiger partial charge in [-0.1, -0.05) is 0 Å². The van der Waals surface area contributed by atoms with Crippen molar-refractivity contribution >= 4 is 9.84 Å². The van der Waals surface area contributed by atoms with E-state index in [1.165, 1.54) is 0 Å². The zero-order chi connectivity index (χ0) is 12.3. The normalized spacial score (nSPS) is 31.5. The molecule has 0 aromatic carbocycles. The van der Waals surface area contributed by atoms with E-state index in [0.717, 1.165) is 39.3 Å². The molecule has 0 amide bonds. The fourth-order valence-corrected chi connectivity index (χ4v) is 4.65. The molecule has 0 radical (unpaired) electrons. The summed E-state index contributed by atoms with van der Waals surface area (Å²) in [5, 5.41) is 0. The van der Waals surface area contributed by atoms with E-state index in [9.17, 15) is 8.42 Å². The number of nitrogens with zero attached hydrogens (tertiary/aromatic N) is 1. The smallest absolute Gasteiger partial charge is 0.150 e. The number of morpholine rings is 1. The van der Waals surface area contributed by atoms with Crippen molar-refractivity contribution in [1.29, 1.82) is 0 Å². The maximum absolute atomic E-state index is 11.5. The molecule has 2 unspecified atom stereocenters. The van der Waals surface area contributed by atoms with Crippen LogP contribution in [-0.2, 0) is 14.6 Å². The number of sulfone groups is 1. The van der Waals surface area contributed by atoms with Crippen LogP contribution in [0.4, 0.5) is 0 Å². The predicted molar refractivity (Wildman–Crippen MR) is 66.6 cm³/mol. The van der Waals surface area contributed by atoms with E-state index in [4.69, 9.17) is 10.5 Å². The number of rotatable bonds is 4. The third kappa shape index (κ3) is 3.64. The summed E-state index contributed by atoms with van der Waals surface area (Å²) >= 11 is 0. The molecule has 0 aliphatic carbocycles. The largest absolute Gasteiger partial charge is 0.379 e. The average Bonchev–Trinajstić information content (AvgIpc) is 2.68. The molecule has 5 nitrogen and oxygen atoms in total. The summed E-state index contributed by atoms with van der Waals surface area (Å²) in [6.07, 6.45) is 0.786. The first kappa shape index (κ1) is 13.3. The highest BCUT2D eigenvalue weighted by atomic mass is 32.2. The van der Waals surface area contributed by atoms with Crippen LogP contribution in [0, 0.1) is 11.8 Å². The van der Waals surface area contributed by atoms with Crippen molar-refractivity contribution in [2.24, 2.45) is 17.6 Å². The van der Waals surface area contributed by atoms with Crippen LogP contribution in [0.15, 0.2) is 0 Å². The Balaban J connectivity index is 1.88. The minimum absolute atomic E-state index is 0.257. The van der Waals surface area contributed by atoms with Crippen molar-refractivity contribution in [3.8, 4) is 0 Å². The summed E-state index contributed by atoms with van der Waals surface area (Å²) in [5.41, 5.74) is 5.81. The van der Waals surface area contributed by atoms with Crippen molar-refractivity contribution in [2.75, 3.05) is 50.9 Å². The molecule has 0 aromatic rings. The first-order valence-corrected chi connectivity index (χ1v) is 8.13. The Labute approximate surface area is 103 Å². The first-order valence-electron chi connectivity index (χ1n) is 6.31. The molecule has 2 atom stereocenters. The average molecular weight is 262 g/mol. The predicted octanol–water partition coefficient (Wildman–Crippen LogP) is -0.672. The topological polar surface area (TPSA) is 72.6 Å². The van der Waals surface area contributed by atoms with Gasteiger partial charge in [-0.3, -0.25) is 4.90 Å². The Morgan fingerprint density at radius 2 is 2.06 bits per heavy atom. The Morgan fingerprint density at radius 3 is 2.59 bits per heavy atom. The molecular formula is C11H22N2O3S. The molecule has 2 saturated heterocycles. The van der Waals surface area contributed by atoms with Crippen LogP contribution in [0.25, 0.3) is 0 Å². The van der Waals surface area contributed by atoms with Crippen molar-refractivity contribution < 1.29 is 13.2 Å². The lowest BCUT2D eigenvalue weighted by Gasteiger charge is -2.32. The SMILES string of the molecule is NCC(CN1CCOCC1)C1CCS(=O)(=O)C1. The van der Waals surface area contributed by atoms with Gasteiger partial charge in [-0.25, -0.2) is 8.42 Å². The summed E-state index contributed by atoms with van der Waals surface area (Å²) in [4.78, 5) is 2.34. The Kier molecular flexibility index (Phi) is 4.41. The number of ether oxygens (including phenoxy) is 1. The quantitative estimate of drug-likeness (QED) is 0.727. The maximum atomic E-state index is 11.5. The minimum atomic E-state index is -2.79. The van der Waals surface area contributed by atoms with E-state index < -0.39 is 9.84 Å². The van der Waals surface area contributed by atoms with Gasteiger partial charge < -0.3 is 10.5 Å².